The van der Waals surface area contributed by atoms with E-state index in [1.54, 1.807) is 10.8 Å². The van der Waals surface area contributed by atoms with Crippen molar-refractivity contribution < 1.29 is 9.31 Å². The third-order valence-electron chi connectivity index (χ3n) is 7.02. The van der Waals surface area contributed by atoms with Crippen molar-refractivity contribution in [1.29, 1.82) is 0 Å². The van der Waals surface area contributed by atoms with E-state index >= 15 is 0 Å². The van der Waals surface area contributed by atoms with Gasteiger partial charge in [-0.1, -0.05) is 66.7 Å². The third kappa shape index (κ3) is 4.60. The Morgan fingerprint density at radius 1 is 0.926 bits per heavy atom. The Hall–Kier alpha value is -0.838. The van der Waals surface area contributed by atoms with Gasteiger partial charge in [0.05, 0.1) is 19.3 Å². The Labute approximate surface area is 167 Å². The molecule has 1 aliphatic carbocycles. The quantitative estimate of drug-likeness (QED) is 0.590. The van der Waals surface area contributed by atoms with Crippen molar-refractivity contribution in [2.45, 2.75) is 96.6 Å². The summed E-state index contributed by atoms with van der Waals surface area (Å²) in [5.41, 5.74) is 2.57. The Kier molecular flexibility index (Phi) is 6.10. The molecule has 0 bridgehead atoms. The van der Waals surface area contributed by atoms with Crippen LogP contribution in [0.1, 0.15) is 66.2 Å². The number of allylic oxidation sites excluding steroid dienone is 2. The van der Waals surface area contributed by atoms with E-state index in [-0.39, 0.29) is 18.3 Å². The molecule has 1 saturated heterocycles. The van der Waals surface area contributed by atoms with Crippen molar-refractivity contribution in [3.05, 3.63) is 41.4 Å². The maximum absolute atomic E-state index is 6.49. The van der Waals surface area contributed by atoms with Gasteiger partial charge in [0.2, 0.25) is 0 Å². The predicted molar refractivity (Wildman–Crippen MR) is 119 cm³/mol. The smallest absolute Gasteiger partial charge is 0.400 e. The molecule has 0 N–H and O–H groups in total. The molecule has 1 aromatic rings. The first-order valence-electron chi connectivity index (χ1n) is 10.7. The lowest BCUT2D eigenvalue weighted by molar-refractivity contribution is 0.00578. The summed E-state index contributed by atoms with van der Waals surface area (Å²) in [5, 5.41) is 1.55. The molecule has 0 radical (unpaired) electrons. The minimum Gasteiger partial charge on any atom is -0.400 e. The SMILES string of the molecule is CC1(C)OB(C(CC[Si](C)(C)c2ccccc2)=C2CCCCC2)OC1(C)C. The van der Waals surface area contributed by atoms with Gasteiger partial charge in [0.1, 0.15) is 0 Å². The first kappa shape index (κ1) is 20.9. The summed E-state index contributed by atoms with van der Waals surface area (Å²) in [4.78, 5) is 0. The molecule has 0 atom stereocenters. The molecule has 148 valence electrons. The predicted octanol–water partition coefficient (Wildman–Crippen LogP) is 5.88. The van der Waals surface area contributed by atoms with Gasteiger partial charge in [-0.3, -0.25) is 0 Å². The standard InChI is InChI=1S/C23H37BO2Si/c1-22(2)23(3,4)26-24(25-22)21(19-13-9-7-10-14-19)17-18-27(5,6)20-15-11-8-12-16-20/h8,11-12,15-16H,7,9-10,13-14,17-18H2,1-6H3. The summed E-state index contributed by atoms with van der Waals surface area (Å²) in [6.07, 6.45) is 7.57. The van der Waals surface area contributed by atoms with Crippen molar-refractivity contribution in [3.63, 3.8) is 0 Å². The van der Waals surface area contributed by atoms with E-state index in [0.29, 0.717) is 0 Å². The summed E-state index contributed by atoms with van der Waals surface area (Å²) in [5.74, 6) is 0. The van der Waals surface area contributed by atoms with Crippen molar-refractivity contribution in [2.75, 3.05) is 0 Å². The van der Waals surface area contributed by atoms with E-state index in [2.05, 4.69) is 71.1 Å². The summed E-state index contributed by atoms with van der Waals surface area (Å²) < 4.78 is 13.0. The molecular formula is C23H37BO2Si. The molecule has 2 nitrogen and oxygen atoms in total. The molecule has 2 aliphatic rings. The average molecular weight is 384 g/mol. The molecule has 2 fully saturated rings. The fourth-order valence-corrected chi connectivity index (χ4v) is 6.50. The minimum atomic E-state index is -1.47. The molecule has 0 aromatic heterocycles. The van der Waals surface area contributed by atoms with Crippen LogP contribution in [0.15, 0.2) is 41.4 Å². The summed E-state index contributed by atoms with van der Waals surface area (Å²) in [6.45, 7) is 13.7. The second kappa shape index (κ2) is 7.89. The molecule has 0 unspecified atom stereocenters. The Morgan fingerprint density at radius 2 is 1.48 bits per heavy atom. The highest BCUT2D eigenvalue weighted by Crippen LogP contribution is 2.41. The van der Waals surface area contributed by atoms with E-state index < -0.39 is 8.07 Å². The maximum atomic E-state index is 6.49. The Bertz CT molecular complexity index is 655. The van der Waals surface area contributed by atoms with Crippen molar-refractivity contribution >= 4 is 20.4 Å². The van der Waals surface area contributed by atoms with Crippen molar-refractivity contribution in [2.24, 2.45) is 0 Å². The molecule has 1 aromatic carbocycles. The van der Waals surface area contributed by atoms with Gasteiger partial charge in [0, 0.05) is 0 Å². The zero-order valence-electron chi connectivity index (χ0n) is 18.2. The molecule has 1 saturated carbocycles. The second-order valence-electron chi connectivity index (χ2n) is 10.0. The lowest BCUT2D eigenvalue weighted by atomic mass is 9.70. The third-order valence-corrected chi connectivity index (χ3v) is 10.4. The number of hydrogen-bond donors (Lipinski definition) is 0. The van der Waals surface area contributed by atoms with Gasteiger partial charge in [0.25, 0.3) is 0 Å². The van der Waals surface area contributed by atoms with E-state index in [1.807, 2.05) is 0 Å². The van der Waals surface area contributed by atoms with Crippen LogP contribution >= 0.6 is 0 Å². The monoisotopic (exact) mass is 384 g/mol. The second-order valence-corrected chi connectivity index (χ2v) is 14.9. The van der Waals surface area contributed by atoms with E-state index in [0.717, 1.165) is 6.42 Å². The van der Waals surface area contributed by atoms with Gasteiger partial charge in [-0.05, 0) is 65.3 Å². The highest BCUT2D eigenvalue weighted by Gasteiger charge is 2.52. The highest BCUT2D eigenvalue weighted by atomic mass is 28.3. The van der Waals surface area contributed by atoms with Crippen LogP contribution in [0.25, 0.3) is 0 Å². The van der Waals surface area contributed by atoms with E-state index in [1.165, 1.54) is 43.6 Å². The van der Waals surface area contributed by atoms with Crippen LogP contribution < -0.4 is 5.19 Å². The van der Waals surface area contributed by atoms with Gasteiger partial charge >= 0.3 is 7.12 Å². The topological polar surface area (TPSA) is 18.5 Å². The van der Waals surface area contributed by atoms with Crippen LogP contribution in [0, 0.1) is 0 Å². The minimum absolute atomic E-state index is 0.163. The number of benzene rings is 1. The normalized spacial score (nSPS) is 22.1. The molecular weight excluding hydrogens is 347 g/mol. The summed E-state index contributed by atoms with van der Waals surface area (Å²) in [7, 11) is -1.64. The van der Waals surface area contributed by atoms with Crippen LogP contribution in [0.3, 0.4) is 0 Å². The van der Waals surface area contributed by atoms with Gasteiger partial charge in [0.15, 0.2) is 0 Å². The lowest BCUT2D eigenvalue weighted by Crippen LogP contribution is -2.41. The highest BCUT2D eigenvalue weighted by molar-refractivity contribution is 6.89. The fourth-order valence-electron chi connectivity index (χ4n) is 4.23. The number of hydrogen-bond acceptors (Lipinski definition) is 2. The van der Waals surface area contributed by atoms with E-state index in [4.69, 9.17) is 9.31 Å². The first-order valence-corrected chi connectivity index (χ1v) is 14.0. The number of rotatable bonds is 5. The first-order chi connectivity index (χ1) is 12.6. The van der Waals surface area contributed by atoms with Crippen LogP contribution in [0.2, 0.25) is 19.1 Å². The average Bonchev–Trinajstić information content (AvgIpc) is 2.84. The zero-order chi connectivity index (χ0) is 19.7. The summed E-state index contributed by atoms with van der Waals surface area (Å²) in [6, 6.07) is 12.4. The molecule has 1 aliphatic heterocycles. The molecule has 3 rings (SSSR count). The van der Waals surface area contributed by atoms with E-state index in [9.17, 15) is 0 Å². The maximum Gasteiger partial charge on any atom is 0.490 e. The van der Waals surface area contributed by atoms with Gasteiger partial charge in [-0.25, -0.2) is 0 Å². The van der Waals surface area contributed by atoms with Gasteiger partial charge < -0.3 is 9.31 Å². The lowest BCUT2D eigenvalue weighted by Gasteiger charge is -2.32. The fraction of sp³-hybridized carbons (Fsp3) is 0.652. The van der Waals surface area contributed by atoms with Crippen LogP contribution in [-0.2, 0) is 9.31 Å². The molecule has 4 heteroatoms. The van der Waals surface area contributed by atoms with Crippen LogP contribution in [-0.4, -0.2) is 26.4 Å². The Balaban J connectivity index is 1.82. The van der Waals surface area contributed by atoms with Gasteiger partial charge in [-0.15, -0.1) is 0 Å². The Morgan fingerprint density at radius 3 is 2.04 bits per heavy atom. The van der Waals surface area contributed by atoms with Crippen molar-refractivity contribution in [1.82, 2.24) is 0 Å². The molecule has 1 heterocycles. The molecule has 0 amide bonds. The summed E-state index contributed by atoms with van der Waals surface area (Å²) >= 11 is 0. The van der Waals surface area contributed by atoms with Crippen LogP contribution in [0.4, 0.5) is 0 Å². The van der Waals surface area contributed by atoms with Crippen molar-refractivity contribution in [3.8, 4) is 0 Å². The zero-order valence-corrected chi connectivity index (χ0v) is 19.2. The van der Waals surface area contributed by atoms with Crippen LogP contribution in [0.5, 0.6) is 0 Å². The van der Waals surface area contributed by atoms with Gasteiger partial charge in [-0.2, -0.15) is 0 Å². The molecule has 0 spiro atoms. The largest absolute Gasteiger partial charge is 0.490 e. The molecule has 27 heavy (non-hydrogen) atoms.